The zero-order valence-corrected chi connectivity index (χ0v) is 30.5. The van der Waals surface area contributed by atoms with E-state index in [9.17, 15) is 26.3 Å². The van der Waals surface area contributed by atoms with Crippen LogP contribution in [0.5, 0.6) is 0 Å². The summed E-state index contributed by atoms with van der Waals surface area (Å²) in [6.45, 7) is 8.83. The van der Waals surface area contributed by atoms with Crippen LogP contribution in [0.2, 0.25) is 19.6 Å². The standard InChI is InChI=1S/C7H10Si.C6H5.C4H8O.2C3H3F3O.C2H8Si.2CH4.2Ar.BrH.Mg/c1-8-7-5-3-2-4-6-7;1-2-4-6-5-3-1;1-2-4-5-3-1;2*1-7-3(6)2(4)5;1-3-2;;;;;;/h2-6H,8H2,1H3;1-5H;1-4H2;2*1H3;3H2,1-2H3;2*1H4;;;1H;/q;-1;;;;;;;;;;+2/p-1. The van der Waals surface area contributed by atoms with Crippen LogP contribution in [0.4, 0.5) is 26.3 Å². The third-order valence-corrected chi connectivity index (χ3v) is 4.63. The monoisotopic (exact) mass is 770 g/mol. The van der Waals surface area contributed by atoms with Crippen LogP contribution in [0, 0.1) is 81.5 Å². The molecule has 3 rings (SSSR count). The van der Waals surface area contributed by atoms with Gasteiger partial charge in [-0.3, -0.25) is 0 Å². The molecule has 0 aromatic heterocycles. The van der Waals surface area contributed by atoms with Crippen molar-refractivity contribution in [2.45, 2.75) is 47.3 Å². The maximum Gasteiger partial charge on any atom is 2.00 e. The molecule has 0 unspecified atom stereocenters. The molecule has 1 fully saturated rings. The summed E-state index contributed by atoms with van der Waals surface area (Å²) in [6.07, 6.45) is -2.30. The molecule has 0 atom stereocenters. The largest absolute Gasteiger partial charge is 2.00 e. The fraction of sp³-hybridized carbons (Fsp3) is 0.407. The Kier molecular flexibility index (Phi) is 85.8. The summed E-state index contributed by atoms with van der Waals surface area (Å²) in [5.74, 6) is 0. The van der Waals surface area contributed by atoms with E-state index in [4.69, 9.17) is 4.74 Å². The van der Waals surface area contributed by atoms with Gasteiger partial charge in [0.2, 0.25) is 0 Å². The maximum absolute atomic E-state index is 11.2. The first-order chi connectivity index (χ1) is 17.2. The quantitative estimate of drug-likeness (QED) is 0.202. The SMILES string of the molecule is C.C.C1CCOC1.COC(F)=C(F)F.COC(F)=C(F)F.C[SiH2]C.C[SiH2]c1ccccc1.[Ar].[Ar].[Br-].[Mg+2].[c-]1ccccc1. The summed E-state index contributed by atoms with van der Waals surface area (Å²) in [4.78, 5) is 0. The van der Waals surface area contributed by atoms with Crippen molar-refractivity contribution in [3.8, 4) is 0 Å². The molecule has 0 N–H and O–H groups in total. The van der Waals surface area contributed by atoms with Gasteiger partial charge < -0.3 is 31.2 Å². The van der Waals surface area contributed by atoms with Crippen LogP contribution in [-0.4, -0.2) is 69.5 Å². The molecule has 246 valence electrons. The summed E-state index contributed by atoms with van der Waals surface area (Å²) in [6, 6.07) is 19.5. The summed E-state index contributed by atoms with van der Waals surface area (Å²) < 4.78 is 77.5. The van der Waals surface area contributed by atoms with E-state index in [1.807, 2.05) is 30.3 Å². The minimum Gasteiger partial charge on any atom is -1.00 e. The van der Waals surface area contributed by atoms with Gasteiger partial charge in [0.15, 0.2) is 0 Å². The minimum absolute atomic E-state index is 0. The molecule has 1 aliphatic heterocycles. The van der Waals surface area contributed by atoms with Crippen LogP contribution in [-0.2, 0) is 14.2 Å². The fourth-order valence-electron chi connectivity index (χ4n) is 1.72. The van der Waals surface area contributed by atoms with Gasteiger partial charge in [0.25, 0.3) is 0 Å². The molecule has 3 nitrogen and oxygen atoms in total. The molecule has 2 aromatic carbocycles. The Bertz CT molecular complexity index is 723. The van der Waals surface area contributed by atoms with Crippen molar-refractivity contribution >= 4 is 47.3 Å². The first kappa shape index (κ1) is 65.8. The Morgan fingerprint density at radius 1 is 0.714 bits per heavy atom. The van der Waals surface area contributed by atoms with Crippen LogP contribution in [0.15, 0.2) is 84.9 Å². The van der Waals surface area contributed by atoms with Gasteiger partial charge in [0, 0.05) is 98.2 Å². The van der Waals surface area contributed by atoms with Crippen molar-refractivity contribution < 1.29 is 133 Å². The molecule has 1 saturated heterocycles. The van der Waals surface area contributed by atoms with E-state index >= 15 is 0 Å². The topological polar surface area (TPSA) is 27.7 Å². The average Bonchev–Trinajstić information content (AvgIpc) is 3.51. The molecule has 0 saturated carbocycles. The second-order valence-corrected chi connectivity index (χ2v) is 9.36. The minimum atomic E-state index is -2.43. The molecule has 0 spiro atoms. The Morgan fingerprint density at radius 2 is 1.05 bits per heavy atom. The van der Waals surface area contributed by atoms with Crippen molar-refractivity contribution in [1.29, 1.82) is 0 Å². The smallest absolute Gasteiger partial charge is 1.00 e. The number of halogens is 7. The van der Waals surface area contributed by atoms with Crippen LogP contribution >= 0.6 is 0 Å². The number of hydrogen-bond acceptors (Lipinski definition) is 3. The van der Waals surface area contributed by atoms with E-state index in [0.29, 0.717) is 9.52 Å². The molecule has 1 heterocycles. The molecule has 15 heteroatoms. The summed E-state index contributed by atoms with van der Waals surface area (Å²) in [7, 11) is 2.16. The molecule has 0 radical (unpaired) electrons. The van der Waals surface area contributed by atoms with Crippen molar-refractivity contribution in [3.63, 3.8) is 0 Å². The number of hydrogen-bond donors (Lipinski definition) is 0. The number of benzene rings is 2. The van der Waals surface area contributed by atoms with Gasteiger partial charge in [-0.15, -0.1) is 0 Å². The molecule has 0 aliphatic carbocycles. The zero-order valence-electron chi connectivity index (χ0n) is 23.3. The van der Waals surface area contributed by atoms with Crippen LogP contribution in [0.3, 0.4) is 0 Å². The number of ether oxygens (including phenoxy) is 3. The third kappa shape index (κ3) is 57.0. The molecule has 42 heavy (non-hydrogen) atoms. The van der Waals surface area contributed by atoms with Crippen molar-refractivity contribution in [1.82, 2.24) is 0 Å². The maximum atomic E-state index is 11.2. The first-order valence-electron chi connectivity index (χ1n) is 11.2. The van der Waals surface area contributed by atoms with E-state index in [-0.39, 0.29) is 140 Å². The molecular formula is C27H45Ar2BrF6MgO3Si2. The van der Waals surface area contributed by atoms with Gasteiger partial charge in [-0.1, -0.05) is 70.0 Å². The first-order valence-corrected chi connectivity index (χ1v) is 16.2. The van der Waals surface area contributed by atoms with E-state index in [1.165, 1.54) is 12.8 Å². The van der Waals surface area contributed by atoms with Crippen molar-refractivity contribution in [2.75, 3.05) is 27.4 Å². The van der Waals surface area contributed by atoms with Crippen LogP contribution in [0.25, 0.3) is 0 Å². The van der Waals surface area contributed by atoms with Crippen molar-refractivity contribution in [3.05, 3.63) is 90.9 Å². The van der Waals surface area contributed by atoms with Crippen LogP contribution in [0.1, 0.15) is 27.7 Å². The Morgan fingerprint density at radius 3 is 1.17 bits per heavy atom. The Labute approximate surface area is 341 Å². The van der Waals surface area contributed by atoms with E-state index in [1.54, 1.807) is 5.19 Å². The number of rotatable bonds is 3. The van der Waals surface area contributed by atoms with E-state index in [0.717, 1.165) is 27.4 Å². The second-order valence-electron chi connectivity index (χ2n) is 6.42. The van der Waals surface area contributed by atoms with Gasteiger partial charge in [-0.2, -0.15) is 62.7 Å². The zero-order chi connectivity index (χ0) is 28.0. The predicted molar refractivity (Wildman–Crippen MR) is 160 cm³/mol. The molecule has 0 bridgehead atoms. The van der Waals surface area contributed by atoms with Crippen LogP contribution < -0.4 is 22.2 Å². The molecule has 0 amide bonds. The van der Waals surface area contributed by atoms with Gasteiger partial charge in [0.1, 0.15) is 0 Å². The Hall–Kier alpha value is 1.26. The van der Waals surface area contributed by atoms with Crippen molar-refractivity contribution in [2.24, 2.45) is 0 Å². The van der Waals surface area contributed by atoms with E-state index < -0.39 is 24.2 Å². The van der Waals surface area contributed by atoms with Gasteiger partial charge in [-0.05, 0) is 12.8 Å². The van der Waals surface area contributed by atoms with E-state index in [2.05, 4.69) is 65.5 Å². The fourth-order valence-corrected chi connectivity index (χ4v) is 2.46. The predicted octanol–water partition coefficient (Wildman–Crippen LogP) is 4.29. The van der Waals surface area contributed by atoms with Gasteiger partial charge >= 0.3 is 47.2 Å². The average molecular weight is 772 g/mol. The second kappa shape index (κ2) is 54.7. The van der Waals surface area contributed by atoms with Gasteiger partial charge in [-0.25, -0.2) is 0 Å². The third-order valence-electron chi connectivity index (χ3n) is 3.34. The summed E-state index contributed by atoms with van der Waals surface area (Å²) in [5, 5.41) is 1.55. The number of methoxy groups -OCH3 is 2. The summed E-state index contributed by atoms with van der Waals surface area (Å²) in [5.41, 5.74) is 0. The molecule has 1 aliphatic rings. The molecule has 2 aromatic rings. The Balaban J connectivity index is -0.0000000439. The normalized spacial score (nSPS) is 9.12. The van der Waals surface area contributed by atoms with Gasteiger partial charge in [0.05, 0.1) is 23.7 Å². The molecular weight excluding hydrogens is 727 g/mol. The summed E-state index contributed by atoms with van der Waals surface area (Å²) >= 11 is 0.